The normalized spacial score (nSPS) is 10.2. The molecule has 3 aromatic rings. The van der Waals surface area contributed by atoms with Crippen molar-refractivity contribution < 1.29 is 4.79 Å². The summed E-state index contributed by atoms with van der Waals surface area (Å²) in [5.74, 6) is 0.682. The van der Waals surface area contributed by atoms with Gasteiger partial charge in [0.1, 0.15) is 5.82 Å². The van der Waals surface area contributed by atoms with Crippen LogP contribution in [-0.2, 0) is 6.54 Å². The summed E-state index contributed by atoms with van der Waals surface area (Å²) in [5, 5.41) is 6.14. The average Bonchev–Trinajstić information content (AvgIpc) is 2.62. The molecule has 24 heavy (non-hydrogen) atoms. The number of hydrogen-bond acceptors (Lipinski definition) is 4. The second-order valence-electron chi connectivity index (χ2n) is 5.41. The average molecular weight is 318 g/mol. The number of aryl methyl sites for hydroxylation is 1. The van der Waals surface area contributed by atoms with E-state index in [9.17, 15) is 4.79 Å². The standard InChI is InChI=1S/C19H18N4O/c1-14-4-2-6-18(22-14)21-12-15-7-9-17(10-8-15)23-19(24)16-5-3-11-20-13-16/h2-11,13H,12H2,1H3,(H,21,22)(H,23,24). The molecular weight excluding hydrogens is 300 g/mol. The Balaban J connectivity index is 1.58. The SMILES string of the molecule is Cc1cccc(NCc2ccc(NC(=O)c3cccnc3)cc2)n1. The first kappa shape index (κ1) is 15.7. The third-order valence-electron chi connectivity index (χ3n) is 3.50. The lowest BCUT2D eigenvalue weighted by Gasteiger charge is -2.08. The number of carbonyl (C=O) groups is 1. The fourth-order valence-corrected chi connectivity index (χ4v) is 2.24. The van der Waals surface area contributed by atoms with Crippen molar-refractivity contribution in [2.24, 2.45) is 0 Å². The van der Waals surface area contributed by atoms with Gasteiger partial charge in [0.2, 0.25) is 0 Å². The van der Waals surface area contributed by atoms with Gasteiger partial charge in [0.25, 0.3) is 5.91 Å². The Bertz CT molecular complexity index is 816. The number of carbonyl (C=O) groups excluding carboxylic acids is 1. The minimum atomic E-state index is -0.169. The summed E-state index contributed by atoms with van der Waals surface area (Å²) in [7, 11) is 0. The van der Waals surface area contributed by atoms with Crippen LogP contribution in [0.1, 0.15) is 21.6 Å². The molecule has 0 aliphatic carbocycles. The van der Waals surface area contributed by atoms with E-state index in [0.29, 0.717) is 12.1 Å². The number of benzene rings is 1. The van der Waals surface area contributed by atoms with Crippen molar-refractivity contribution >= 4 is 17.4 Å². The lowest BCUT2D eigenvalue weighted by Crippen LogP contribution is -2.12. The molecule has 0 atom stereocenters. The van der Waals surface area contributed by atoms with Gasteiger partial charge in [-0.05, 0) is 48.9 Å². The molecule has 5 heteroatoms. The van der Waals surface area contributed by atoms with Crippen LogP contribution in [0.4, 0.5) is 11.5 Å². The van der Waals surface area contributed by atoms with Gasteiger partial charge >= 0.3 is 0 Å². The van der Waals surface area contributed by atoms with Crippen molar-refractivity contribution in [2.45, 2.75) is 13.5 Å². The first-order chi connectivity index (χ1) is 11.7. The van der Waals surface area contributed by atoms with Gasteiger partial charge in [0.15, 0.2) is 0 Å². The van der Waals surface area contributed by atoms with Crippen LogP contribution in [0.2, 0.25) is 0 Å². The van der Waals surface area contributed by atoms with Crippen LogP contribution in [0.3, 0.4) is 0 Å². The molecule has 0 bridgehead atoms. The van der Waals surface area contributed by atoms with Crippen LogP contribution >= 0.6 is 0 Å². The van der Waals surface area contributed by atoms with Crippen molar-refractivity contribution in [3.05, 3.63) is 83.8 Å². The minimum absolute atomic E-state index is 0.169. The number of rotatable bonds is 5. The van der Waals surface area contributed by atoms with Gasteiger partial charge in [0, 0.05) is 30.3 Å². The third kappa shape index (κ3) is 4.16. The molecule has 0 aliphatic heterocycles. The lowest BCUT2D eigenvalue weighted by molar-refractivity contribution is 0.102. The number of anilines is 2. The monoisotopic (exact) mass is 318 g/mol. The van der Waals surface area contributed by atoms with Gasteiger partial charge in [-0.2, -0.15) is 0 Å². The highest BCUT2D eigenvalue weighted by molar-refractivity contribution is 6.03. The topological polar surface area (TPSA) is 66.9 Å². The number of amides is 1. The van der Waals surface area contributed by atoms with Crippen LogP contribution in [-0.4, -0.2) is 15.9 Å². The fraction of sp³-hybridized carbons (Fsp3) is 0.105. The Morgan fingerprint density at radius 3 is 2.58 bits per heavy atom. The summed E-state index contributed by atoms with van der Waals surface area (Å²) >= 11 is 0. The molecule has 5 nitrogen and oxygen atoms in total. The number of aromatic nitrogens is 2. The highest BCUT2D eigenvalue weighted by atomic mass is 16.1. The molecule has 0 saturated carbocycles. The molecule has 2 heterocycles. The third-order valence-corrected chi connectivity index (χ3v) is 3.50. The maximum atomic E-state index is 12.1. The maximum absolute atomic E-state index is 12.1. The van der Waals surface area contributed by atoms with E-state index in [1.54, 1.807) is 24.5 Å². The molecule has 0 fully saturated rings. The molecule has 1 amide bonds. The Kier molecular flexibility index (Phi) is 4.81. The van der Waals surface area contributed by atoms with Crippen LogP contribution in [0.25, 0.3) is 0 Å². The quantitative estimate of drug-likeness (QED) is 0.753. The minimum Gasteiger partial charge on any atom is -0.366 e. The first-order valence-corrected chi connectivity index (χ1v) is 7.68. The number of hydrogen-bond donors (Lipinski definition) is 2. The highest BCUT2D eigenvalue weighted by Gasteiger charge is 2.05. The van der Waals surface area contributed by atoms with Crippen molar-refractivity contribution in [1.82, 2.24) is 9.97 Å². The van der Waals surface area contributed by atoms with Crippen LogP contribution in [0, 0.1) is 6.92 Å². The van der Waals surface area contributed by atoms with Gasteiger partial charge in [-0.25, -0.2) is 4.98 Å². The van der Waals surface area contributed by atoms with Crippen LogP contribution in [0.15, 0.2) is 67.0 Å². The van der Waals surface area contributed by atoms with E-state index in [4.69, 9.17) is 0 Å². The van der Waals surface area contributed by atoms with Crippen molar-refractivity contribution in [3.8, 4) is 0 Å². The molecule has 120 valence electrons. The van der Waals surface area contributed by atoms with E-state index in [0.717, 1.165) is 22.8 Å². The highest BCUT2D eigenvalue weighted by Crippen LogP contribution is 2.13. The molecule has 0 aliphatic rings. The van der Waals surface area contributed by atoms with Crippen molar-refractivity contribution in [1.29, 1.82) is 0 Å². The van der Waals surface area contributed by atoms with Gasteiger partial charge in [-0.3, -0.25) is 9.78 Å². The van der Waals surface area contributed by atoms with Gasteiger partial charge in [-0.15, -0.1) is 0 Å². The van der Waals surface area contributed by atoms with E-state index >= 15 is 0 Å². The molecule has 0 saturated heterocycles. The van der Waals surface area contributed by atoms with E-state index in [2.05, 4.69) is 20.6 Å². The summed E-state index contributed by atoms with van der Waals surface area (Å²) in [5.41, 5.74) is 3.38. The molecule has 3 rings (SSSR count). The second-order valence-corrected chi connectivity index (χ2v) is 5.41. The van der Waals surface area contributed by atoms with Crippen LogP contribution in [0.5, 0.6) is 0 Å². The summed E-state index contributed by atoms with van der Waals surface area (Å²) < 4.78 is 0. The zero-order valence-corrected chi connectivity index (χ0v) is 13.4. The number of nitrogens with one attached hydrogen (secondary N) is 2. The molecule has 2 aromatic heterocycles. The summed E-state index contributed by atoms with van der Waals surface area (Å²) in [6.45, 7) is 2.64. The molecule has 2 N–H and O–H groups in total. The smallest absolute Gasteiger partial charge is 0.257 e. The molecule has 0 unspecified atom stereocenters. The van der Waals surface area contributed by atoms with Gasteiger partial charge in [-0.1, -0.05) is 18.2 Å². The largest absolute Gasteiger partial charge is 0.366 e. The second kappa shape index (κ2) is 7.37. The molecule has 1 aromatic carbocycles. The molecule has 0 radical (unpaired) electrons. The molecule has 0 spiro atoms. The van der Waals surface area contributed by atoms with E-state index < -0.39 is 0 Å². The Labute approximate surface area is 140 Å². The van der Waals surface area contributed by atoms with Crippen molar-refractivity contribution in [2.75, 3.05) is 10.6 Å². The van der Waals surface area contributed by atoms with Gasteiger partial charge in [0.05, 0.1) is 5.56 Å². The lowest BCUT2D eigenvalue weighted by atomic mass is 10.2. The molecular formula is C19H18N4O. The van der Waals surface area contributed by atoms with Gasteiger partial charge < -0.3 is 10.6 Å². The number of nitrogens with zero attached hydrogens (tertiary/aromatic N) is 2. The Hall–Kier alpha value is -3.21. The maximum Gasteiger partial charge on any atom is 0.257 e. The summed E-state index contributed by atoms with van der Waals surface area (Å²) in [6, 6.07) is 17.1. The van der Waals surface area contributed by atoms with E-state index in [1.165, 1.54) is 0 Å². The zero-order valence-electron chi connectivity index (χ0n) is 13.4. The summed E-state index contributed by atoms with van der Waals surface area (Å²) in [4.78, 5) is 20.4. The number of pyridine rings is 2. The summed E-state index contributed by atoms with van der Waals surface area (Å²) in [6.07, 6.45) is 3.18. The van der Waals surface area contributed by atoms with E-state index in [-0.39, 0.29) is 5.91 Å². The predicted molar refractivity (Wildman–Crippen MR) is 94.9 cm³/mol. The zero-order chi connectivity index (χ0) is 16.8. The Morgan fingerprint density at radius 1 is 1.04 bits per heavy atom. The first-order valence-electron chi connectivity index (χ1n) is 7.68. The predicted octanol–water partition coefficient (Wildman–Crippen LogP) is 3.65. The van der Waals surface area contributed by atoms with Crippen LogP contribution < -0.4 is 10.6 Å². The Morgan fingerprint density at radius 2 is 1.88 bits per heavy atom. The van der Waals surface area contributed by atoms with E-state index in [1.807, 2.05) is 49.4 Å². The van der Waals surface area contributed by atoms with Crippen molar-refractivity contribution in [3.63, 3.8) is 0 Å². The fourth-order valence-electron chi connectivity index (χ4n) is 2.24.